The van der Waals surface area contributed by atoms with E-state index in [0.717, 1.165) is 5.56 Å². The summed E-state index contributed by atoms with van der Waals surface area (Å²) in [5.74, 6) is -1.41. The summed E-state index contributed by atoms with van der Waals surface area (Å²) < 4.78 is 32.9. The molecule has 182 valence electrons. The van der Waals surface area contributed by atoms with Crippen LogP contribution in [0.25, 0.3) is 0 Å². The summed E-state index contributed by atoms with van der Waals surface area (Å²) >= 11 is 0. The van der Waals surface area contributed by atoms with Crippen LogP contribution in [0.5, 0.6) is 5.75 Å². The first-order chi connectivity index (χ1) is 16.8. The highest BCUT2D eigenvalue weighted by atomic mass is 32.2. The number of para-hydroxylation sites is 1. The molecule has 4 N–H and O–H groups in total. The third-order valence-electron chi connectivity index (χ3n) is 4.59. The zero-order valence-corrected chi connectivity index (χ0v) is 19.4. The molecular formula is C24H24N4O6S. The summed E-state index contributed by atoms with van der Waals surface area (Å²) in [7, 11) is -3.87. The van der Waals surface area contributed by atoms with Crippen LogP contribution in [-0.2, 0) is 26.2 Å². The number of nitrogens with one attached hydrogen (secondary N) is 4. The summed E-state index contributed by atoms with van der Waals surface area (Å²) in [5, 5.41) is 2.36. The number of benzene rings is 3. The van der Waals surface area contributed by atoms with Gasteiger partial charge in [0.05, 0.1) is 11.4 Å². The van der Waals surface area contributed by atoms with Crippen LogP contribution >= 0.6 is 0 Å². The lowest BCUT2D eigenvalue weighted by molar-refractivity contribution is -0.127. The average Bonchev–Trinajstić information content (AvgIpc) is 2.89. The van der Waals surface area contributed by atoms with Gasteiger partial charge in [-0.25, -0.2) is 13.1 Å². The van der Waals surface area contributed by atoms with Gasteiger partial charge >= 0.3 is 0 Å². The van der Waals surface area contributed by atoms with E-state index < -0.39 is 34.3 Å². The van der Waals surface area contributed by atoms with Crippen molar-refractivity contribution in [3.05, 3.63) is 96.1 Å². The molecule has 3 amide bonds. The van der Waals surface area contributed by atoms with Crippen molar-refractivity contribution in [2.75, 3.05) is 13.2 Å². The van der Waals surface area contributed by atoms with E-state index in [1.807, 2.05) is 12.1 Å². The van der Waals surface area contributed by atoms with Crippen LogP contribution in [0.2, 0.25) is 0 Å². The standard InChI is InChI=1S/C24H24N4O6S/c29-22(16-25-23(30)17-34-20-11-5-2-6-12-20)27-28-24(31)19-10-7-13-21(14-19)35(32,33)26-15-18-8-3-1-4-9-18/h1-14,26H,15-17H2,(H,25,30)(H,27,29)(H,28,31). The molecule has 35 heavy (non-hydrogen) atoms. The van der Waals surface area contributed by atoms with E-state index in [4.69, 9.17) is 4.74 Å². The van der Waals surface area contributed by atoms with Gasteiger partial charge in [0.2, 0.25) is 10.0 Å². The monoisotopic (exact) mass is 496 g/mol. The van der Waals surface area contributed by atoms with Crippen LogP contribution in [0.15, 0.2) is 89.8 Å². The smallest absolute Gasteiger partial charge is 0.269 e. The second-order valence-corrected chi connectivity index (χ2v) is 8.99. The van der Waals surface area contributed by atoms with Gasteiger partial charge in [-0.1, -0.05) is 54.6 Å². The van der Waals surface area contributed by atoms with E-state index in [1.165, 1.54) is 24.3 Å². The fourth-order valence-corrected chi connectivity index (χ4v) is 3.86. The first-order valence-corrected chi connectivity index (χ1v) is 12.0. The molecule has 0 saturated carbocycles. The van der Waals surface area contributed by atoms with Gasteiger partial charge in [0.25, 0.3) is 17.7 Å². The SMILES string of the molecule is O=C(COc1ccccc1)NCC(=O)NNC(=O)c1cccc(S(=O)(=O)NCc2ccccc2)c1. The molecule has 0 spiro atoms. The van der Waals surface area contributed by atoms with Crippen LogP contribution in [0.4, 0.5) is 0 Å². The molecule has 0 bridgehead atoms. The molecule has 0 saturated heterocycles. The fourth-order valence-electron chi connectivity index (χ4n) is 2.80. The minimum Gasteiger partial charge on any atom is -0.484 e. The predicted octanol–water partition coefficient (Wildman–Crippen LogP) is 1.12. The topological polar surface area (TPSA) is 143 Å². The Hall–Kier alpha value is -4.22. The molecule has 0 fully saturated rings. The second-order valence-electron chi connectivity index (χ2n) is 7.22. The molecule has 0 aliphatic carbocycles. The molecule has 0 aliphatic rings. The van der Waals surface area contributed by atoms with E-state index in [-0.39, 0.29) is 23.6 Å². The molecule has 0 atom stereocenters. The largest absolute Gasteiger partial charge is 0.484 e. The molecule has 3 aromatic carbocycles. The number of sulfonamides is 1. The maximum absolute atomic E-state index is 12.6. The Morgan fingerprint density at radius 3 is 2.17 bits per heavy atom. The Morgan fingerprint density at radius 1 is 0.771 bits per heavy atom. The van der Waals surface area contributed by atoms with E-state index >= 15 is 0 Å². The molecule has 0 aromatic heterocycles. The van der Waals surface area contributed by atoms with Gasteiger partial charge in [0, 0.05) is 12.1 Å². The Bertz CT molecular complexity index is 1270. The summed E-state index contributed by atoms with van der Waals surface area (Å²) in [6.45, 7) is -0.573. The molecule has 11 heteroatoms. The second kappa shape index (κ2) is 12.3. The lowest BCUT2D eigenvalue weighted by atomic mass is 10.2. The zero-order valence-electron chi connectivity index (χ0n) is 18.6. The minimum atomic E-state index is -3.87. The van der Waals surface area contributed by atoms with Crippen LogP contribution in [0, 0.1) is 0 Å². The van der Waals surface area contributed by atoms with Crippen molar-refractivity contribution in [1.82, 2.24) is 20.9 Å². The summed E-state index contributed by atoms with van der Waals surface area (Å²) in [6, 6.07) is 23.1. The minimum absolute atomic E-state index is 0.0215. The van der Waals surface area contributed by atoms with Crippen LogP contribution in [0.1, 0.15) is 15.9 Å². The fraction of sp³-hybridized carbons (Fsp3) is 0.125. The number of ether oxygens (including phenoxy) is 1. The van der Waals surface area contributed by atoms with Crippen molar-refractivity contribution in [2.45, 2.75) is 11.4 Å². The van der Waals surface area contributed by atoms with Crippen LogP contribution in [-0.4, -0.2) is 39.3 Å². The van der Waals surface area contributed by atoms with Gasteiger partial charge in [-0.2, -0.15) is 0 Å². The maximum atomic E-state index is 12.6. The highest BCUT2D eigenvalue weighted by Gasteiger charge is 2.16. The molecule has 3 aromatic rings. The zero-order chi connectivity index (χ0) is 25.1. The van der Waals surface area contributed by atoms with E-state index in [0.29, 0.717) is 5.75 Å². The van der Waals surface area contributed by atoms with Crippen LogP contribution < -0.4 is 25.6 Å². The molecule has 0 aliphatic heterocycles. The van der Waals surface area contributed by atoms with Crippen LogP contribution in [0.3, 0.4) is 0 Å². The van der Waals surface area contributed by atoms with Crippen molar-refractivity contribution in [1.29, 1.82) is 0 Å². The Labute approximate surface area is 202 Å². The molecule has 0 heterocycles. The van der Waals surface area contributed by atoms with Gasteiger partial charge in [-0.3, -0.25) is 25.2 Å². The first-order valence-electron chi connectivity index (χ1n) is 10.5. The number of hydrazine groups is 1. The van der Waals surface area contributed by atoms with E-state index in [1.54, 1.807) is 48.5 Å². The van der Waals surface area contributed by atoms with Crippen molar-refractivity contribution in [3.8, 4) is 5.75 Å². The van der Waals surface area contributed by atoms with Crippen molar-refractivity contribution in [2.24, 2.45) is 0 Å². The predicted molar refractivity (Wildman–Crippen MR) is 127 cm³/mol. The Kier molecular flexibility index (Phi) is 8.93. The highest BCUT2D eigenvalue weighted by Crippen LogP contribution is 2.12. The van der Waals surface area contributed by atoms with Crippen molar-refractivity contribution in [3.63, 3.8) is 0 Å². The summed E-state index contributed by atoms with van der Waals surface area (Å²) in [6.07, 6.45) is 0. The Morgan fingerprint density at radius 2 is 1.46 bits per heavy atom. The maximum Gasteiger partial charge on any atom is 0.269 e. The van der Waals surface area contributed by atoms with E-state index in [9.17, 15) is 22.8 Å². The average molecular weight is 497 g/mol. The number of carbonyl (C=O) groups is 3. The first kappa shape index (κ1) is 25.4. The summed E-state index contributed by atoms with van der Waals surface area (Å²) in [4.78, 5) is 36.0. The number of amides is 3. The van der Waals surface area contributed by atoms with E-state index in [2.05, 4.69) is 20.9 Å². The molecule has 0 radical (unpaired) electrons. The normalized spacial score (nSPS) is 10.7. The van der Waals surface area contributed by atoms with Gasteiger partial charge < -0.3 is 10.1 Å². The number of rotatable bonds is 10. The number of hydrogen-bond acceptors (Lipinski definition) is 6. The van der Waals surface area contributed by atoms with Gasteiger partial charge in [-0.05, 0) is 35.9 Å². The molecule has 0 unspecified atom stereocenters. The highest BCUT2D eigenvalue weighted by molar-refractivity contribution is 7.89. The van der Waals surface area contributed by atoms with Gasteiger partial charge in [-0.15, -0.1) is 0 Å². The molecular weight excluding hydrogens is 472 g/mol. The third-order valence-corrected chi connectivity index (χ3v) is 5.99. The quantitative estimate of drug-likeness (QED) is 0.310. The molecule has 10 nitrogen and oxygen atoms in total. The lowest BCUT2D eigenvalue weighted by Crippen LogP contribution is -2.47. The number of hydrogen-bond donors (Lipinski definition) is 4. The third kappa shape index (κ3) is 8.25. The molecule has 3 rings (SSSR count). The van der Waals surface area contributed by atoms with Crippen molar-refractivity contribution < 1.29 is 27.5 Å². The Balaban J connectivity index is 1.45. The lowest BCUT2D eigenvalue weighted by Gasteiger charge is -2.11. The van der Waals surface area contributed by atoms with Gasteiger partial charge in [0.15, 0.2) is 6.61 Å². The summed E-state index contributed by atoms with van der Waals surface area (Å²) in [5.41, 5.74) is 5.14. The number of carbonyl (C=O) groups excluding carboxylic acids is 3. The van der Waals surface area contributed by atoms with Crippen molar-refractivity contribution >= 4 is 27.7 Å². The van der Waals surface area contributed by atoms with Gasteiger partial charge in [0.1, 0.15) is 5.75 Å².